The number of carbonyl (C=O) groups is 1. The lowest BCUT2D eigenvalue weighted by Gasteiger charge is -2.36. The van der Waals surface area contributed by atoms with Gasteiger partial charge in [0.15, 0.2) is 5.82 Å². The molecule has 1 atom stereocenters. The lowest BCUT2D eigenvalue weighted by atomic mass is 9.91. The van der Waals surface area contributed by atoms with Crippen LogP contribution >= 0.6 is 0 Å². The summed E-state index contributed by atoms with van der Waals surface area (Å²) in [4.78, 5) is 22.1. The van der Waals surface area contributed by atoms with Gasteiger partial charge in [0.1, 0.15) is 6.04 Å². The van der Waals surface area contributed by atoms with Crippen molar-refractivity contribution in [3.63, 3.8) is 0 Å². The highest BCUT2D eigenvalue weighted by molar-refractivity contribution is 5.77. The summed E-state index contributed by atoms with van der Waals surface area (Å²) in [7, 11) is 0. The minimum atomic E-state index is -0.0311. The second-order valence-corrected chi connectivity index (χ2v) is 8.23. The van der Waals surface area contributed by atoms with Crippen molar-refractivity contribution in [2.45, 2.75) is 77.7 Å². The van der Waals surface area contributed by atoms with Crippen molar-refractivity contribution < 1.29 is 9.32 Å². The van der Waals surface area contributed by atoms with E-state index in [2.05, 4.69) is 35.8 Å². The van der Waals surface area contributed by atoms with Crippen LogP contribution in [-0.2, 0) is 4.79 Å². The highest BCUT2D eigenvalue weighted by Gasteiger charge is 2.33. The van der Waals surface area contributed by atoms with E-state index in [9.17, 15) is 4.79 Å². The molecule has 2 aliphatic rings. The lowest BCUT2D eigenvalue weighted by molar-refractivity contribution is -0.137. The zero-order valence-electron chi connectivity index (χ0n) is 16.6. The average Bonchev–Trinajstić information content (AvgIpc) is 3.14. The van der Waals surface area contributed by atoms with Gasteiger partial charge >= 0.3 is 0 Å². The maximum atomic E-state index is 13.0. The lowest BCUT2D eigenvalue weighted by Crippen LogP contribution is -2.41. The van der Waals surface area contributed by atoms with Crippen LogP contribution < -0.4 is 0 Å². The molecule has 0 spiro atoms. The van der Waals surface area contributed by atoms with E-state index >= 15 is 0 Å². The van der Waals surface area contributed by atoms with E-state index in [1.54, 1.807) is 0 Å². The van der Waals surface area contributed by atoms with Crippen LogP contribution in [-0.4, -0.2) is 52.0 Å². The number of amides is 1. The number of likely N-dealkylation sites (tertiary alicyclic amines) is 2. The Morgan fingerprint density at radius 3 is 2.62 bits per heavy atom. The fraction of sp³-hybridized carbons (Fsp3) is 0.850. The fourth-order valence-electron chi connectivity index (χ4n) is 4.20. The molecule has 0 N–H and O–H groups in total. The second-order valence-electron chi connectivity index (χ2n) is 8.23. The summed E-state index contributed by atoms with van der Waals surface area (Å²) in [6.07, 6.45) is 7.28. The van der Waals surface area contributed by atoms with Gasteiger partial charge in [-0.2, -0.15) is 4.98 Å². The van der Waals surface area contributed by atoms with E-state index in [1.807, 2.05) is 4.90 Å². The first-order valence-corrected chi connectivity index (χ1v) is 10.4. The summed E-state index contributed by atoms with van der Waals surface area (Å²) in [5.74, 6) is 2.40. The maximum Gasteiger partial charge on any atom is 0.249 e. The Labute approximate surface area is 157 Å². The quantitative estimate of drug-likeness (QED) is 0.771. The number of hydrogen-bond acceptors (Lipinski definition) is 5. The predicted octanol–water partition coefficient (Wildman–Crippen LogP) is 3.76. The number of nitrogens with zero attached hydrogens (tertiary/aromatic N) is 4. The highest BCUT2D eigenvalue weighted by Crippen LogP contribution is 2.32. The Morgan fingerprint density at radius 1 is 1.19 bits per heavy atom. The smallest absolute Gasteiger partial charge is 0.249 e. The minimum absolute atomic E-state index is 0.0311. The maximum absolute atomic E-state index is 13.0. The van der Waals surface area contributed by atoms with Crippen molar-refractivity contribution in [2.75, 3.05) is 26.2 Å². The first kappa shape index (κ1) is 19.3. The molecular weight excluding hydrogens is 328 g/mol. The number of carbonyl (C=O) groups excluding carboxylic acids is 1. The zero-order chi connectivity index (χ0) is 18.5. The molecule has 1 unspecified atom stereocenters. The van der Waals surface area contributed by atoms with E-state index in [4.69, 9.17) is 4.52 Å². The molecule has 0 bridgehead atoms. The molecule has 1 amide bonds. The number of hydrogen-bond donors (Lipinski definition) is 0. The number of piperidine rings is 2. The Bertz CT molecular complexity index is 578. The van der Waals surface area contributed by atoms with Crippen LogP contribution in [0.5, 0.6) is 0 Å². The van der Waals surface area contributed by atoms with Gasteiger partial charge in [-0.15, -0.1) is 0 Å². The van der Waals surface area contributed by atoms with Crippen molar-refractivity contribution in [1.29, 1.82) is 0 Å². The molecule has 2 saturated heterocycles. The van der Waals surface area contributed by atoms with Gasteiger partial charge in [-0.3, -0.25) is 4.79 Å². The van der Waals surface area contributed by atoms with Gasteiger partial charge in [0.05, 0.1) is 0 Å². The van der Waals surface area contributed by atoms with Gasteiger partial charge in [-0.25, -0.2) is 0 Å². The van der Waals surface area contributed by atoms with E-state index in [0.29, 0.717) is 18.2 Å². The molecule has 2 aliphatic heterocycles. The first-order chi connectivity index (χ1) is 12.6. The van der Waals surface area contributed by atoms with Gasteiger partial charge in [-0.1, -0.05) is 25.9 Å². The second kappa shape index (κ2) is 8.98. The SMILES string of the molecule is CCCN1CCC(CC(=O)N2CCCCC2c2nc(C(C)C)no2)CC1. The summed E-state index contributed by atoms with van der Waals surface area (Å²) in [5.41, 5.74) is 0. The third-order valence-corrected chi connectivity index (χ3v) is 5.79. The summed E-state index contributed by atoms with van der Waals surface area (Å²) < 4.78 is 5.52. The Morgan fingerprint density at radius 2 is 1.96 bits per heavy atom. The molecule has 0 radical (unpaired) electrons. The number of aromatic nitrogens is 2. The zero-order valence-corrected chi connectivity index (χ0v) is 16.6. The summed E-state index contributed by atoms with van der Waals surface area (Å²) in [6, 6.07) is -0.0311. The topological polar surface area (TPSA) is 62.5 Å². The normalized spacial score (nSPS) is 22.9. The predicted molar refractivity (Wildman–Crippen MR) is 101 cm³/mol. The standard InChI is InChI=1S/C20H34N4O2/c1-4-10-23-12-8-16(9-13-23)14-18(25)24-11-6-5-7-17(24)20-21-19(15(2)3)22-26-20/h15-17H,4-14H2,1-3H3. The van der Waals surface area contributed by atoms with Crippen LogP contribution in [0, 0.1) is 5.92 Å². The van der Waals surface area contributed by atoms with Crippen molar-refractivity contribution in [2.24, 2.45) is 5.92 Å². The molecule has 146 valence electrons. The fourth-order valence-corrected chi connectivity index (χ4v) is 4.20. The molecule has 0 aromatic carbocycles. The van der Waals surface area contributed by atoms with E-state index in [-0.39, 0.29) is 17.9 Å². The average molecular weight is 363 g/mol. The van der Waals surface area contributed by atoms with E-state index in [1.165, 1.54) is 13.0 Å². The summed E-state index contributed by atoms with van der Waals surface area (Å²) in [6.45, 7) is 10.6. The van der Waals surface area contributed by atoms with Crippen LogP contribution in [0.4, 0.5) is 0 Å². The molecule has 0 saturated carbocycles. The third-order valence-electron chi connectivity index (χ3n) is 5.79. The van der Waals surface area contributed by atoms with Gasteiger partial charge in [-0.05, 0) is 64.1 Å². The minimum Gasteiger partial charge on any atom is -0.337 e. The van der Waals surface area contributed by atoms with Crippen molar-refractivity contribution >= 4 is 5.91 Å². The molecule has 6 heteroatoms. The summed E-state index contributed by atoms with van der Waals surface area (Å²) >= 11 is 0. The molecular formula is C20H34N4O2. The molecule has 1 aromatic rings. The molecule has 0 aliphatic carbocycles. The Balaban J connectivity index is 1.59. The van der Waals surface area contributed by atoms with E-state index in [0.717, 1.165) is 57.6 Å². The van der Waals surface area contributed by atoms with Crippen molar-refractivity contribution in [3.05, 3.63) is 11.7 Å². The first-order valence-electron chi connectivity index (χ1n) is 10.4. The Hall–Kier alpha value is -1.43. The van der Waals surface area contributed by atoms with Crippen LogP contribution in [0.1, 0.15) is 89.4 Å². The Kier molecular flexibility index (Phi) is 6.68. The number of rotatable bonds is 6. The largest absolute Gasteiger partial charge is 0.337 e. The van der Waals surface area contributed by atoms with Crippen LogP contribution in [0.2, 0.25) is 0 Å². The van der Waals surface area contributed by atoms with Crippen LogP contribution in [0.25, 0.3) is 0 Å². The van der Waals surface area contributed by atoms with Gasteiger partial charge in [0.2, 0.25) is 11.8 Å². The van der Waals surface area contributed by atoms with Crippen molar-refractivity contribution in [3.8, 4) is 0 Å². The molecule has 1 aromatic heterocycles. The summed E-state index contributed by atoms with van der Waals surface area (Å²) in [5, 5.41) is 4.10. The third kappa shape index (κ3) is 4.64. The molecule has 26 heavy (non-hydrogen) atoms. The highest BCUT2D eigenvalue weighted by atomic mass is 16.5. The van der Waals surface area contributed by atoms with E-state index < -0.39 is 0 Å². The molecule has 3 rings (SSSR count). The van der Waals surface area contributed by atoms with Gasteiger partial charge in [0, 0.05) is 18.9 Å². The monoisotopic (exact) mass is 362 g/mol. The van der Waals surface area contributed by atoms with Gasteiger partial charge < -0.3 is 14.3 Å². The van der Waals surface area contributed by atoms with Gasteiger partial charge in [0.25, 0.3) is 0 Å². The van der Waals surface area contributed by atoms with Crippen LogP contribution in [0.15, 0.2) is 4.52 Å². The van der Waals surface area contributed by atoms with Crippen LogP contribution in [0.3, 0.4) is 0 Å². The molecule has 2 fully saturated rings. The molecule has 6 nitrogen and oxygen atoms in total. The molecule has 3 heterocycles. The van der Waals surface area contributed by atoms with Crippen molar-refractivity contribution in [1.82, 2.24) is 19.9 Å².